The van der Waals surface area contributed by atoms with Crippen molar-refractivity contribution in [1.29, 1.82) is 0 Å². The van der Waals surface area contributed by atoms with E-state index in [0.29, 0.717) is 11.8 Å². The molecule has 0 nitrogen and oxygen atoms in total. The Balaban J connectivity index is 0.00000121. The van der Waals surface area contributed by atoms with Crippen molar-refractivity contribution >= 4 is 0 Å². The fraction of sp³-hybridized carbons (Fsp3) is 0.250. The van der Waals surface area contributed by atoms with Gasteiger partial charge in [-0.3, -0.25) is 0 Å². The zero-order valence-electron chi connectivity index (χ0n) is 15.8. The summed E-state index contributed by atoms with van der Waals surface area (Å²) in [5.41, 5.74) is 7.26. The van der Waals surface area contributed by atoms with Crippen LogP contribution in [0, 0.1) is 11.3 Å². The molecule has 0 bridgehead atoms. The van der Waals surface area contributed by atoms with Gasteiger partial charge in [-0.25, -0.2) is 0 Å². The SMILES string of the molecule is C=CC(C1c2ccccc2-c2ccccc21)C(C)(C)C1=CC=CC1.[Cl-].[Cl-].[Zr+2]. The molecule has 0 heterocycles. The summed E-state index contributed by atoms with van der Waals surface area (Å²) in [6.07, 6.45) is 9.99. The largest absolute Gasteiger partial charge is 2.00 e. The maximum atomic E-state index is 4.24. The van der Waals surface area contributed by atoms with Crippen LogP contribution in [0.3, 0.4) is 0 Å². The number of hydrogen-bond donors (Lipinski definition) is 0. The van der Waals surface area contributed by atoms with Gasteiger partial charge in [-0.1, -0.05) is 92.3 Å². The molecule has 2 aromatic carbocycles. The smallest absolute Gasteiger partial charge is 1.00 e. The third-order valence-electron chi connectivity index (χ3n) is 5.93. The Labute approximate surface area is 194 Å². The average Bonchev–Trinajstić information content (AvgIpc) is 3.24. The fourth-order valence-corrected chi connectivity index (χ4v) is 4.57. The van der Waals surface area contributed by atoms with Crippen LogP contribution < -0.4 is 24.8 Å². The van der Waals surface area contributed by atoms with Crippen LogP contribution in [-0.4, -0.2) is 0 Å². The Morgan fingerprint density at radius 3 is 1.93 bits per heavy atom. The van der Waals surface area contributed by atoms with Gasteiger partial charge < -0.3 is 24.8 Å². The van der Waals surface area contributed by atoms with Crippen LogP contribution in [0.4, 0.5) is 0 Å². The maximum absolute atomic E-state index is 4.24. The van der Waals surface area contributed by atoms with E-state index < -0.39 is 0 Å². The van der Waals surface area contributed by atoms with Crippen molar-refractivity contribution in [1.82, 2.24) is 0 Å². The van der Waals surface area contributed by atoms with Gasteiger partial charge in [0.25, 0.3) is 0 Å². The van der Waals surface area contributed by atoms with E-state index in [4.69, 9.17) is 0 Å². The molecule has 0 aliphatic heterocycles. The Bertz CT molecular complexity index is 819. The van der Waals surface area contributed by atoms with Crippen molar-refractivity contribution in [3.05, 3.63) is 96.1 Å². The van der Waals surface area contributed by atoms with E-state index >= 15 is 0 Å². The van der Waals surface area contributed by atoms with E-state index in [0.717, 1.165) is 6.42 Å². The standard InChI is InChI=1S/C24H24.2ClH.Zr/c1-4-22(24(2,3)17-11-5-6-12-17)23-20-15-9-7-13-18(20)19-14-8-10-16-21(19)23;;;/h4-11,13-16,22-23H,1,12H2,2-3H3;2*1H;/q;;;+2/p-2. The molecular weight excluding hydrogens is 450 g/mol. The first kappa shape index (κ1) is 24.2. The van der Waals surface area contributed by atoms with Gasteiger partial charge in [0.1, 0.15) is 0 Å². The number of hydrogen-bond acceptors (Lipinski definition) is 0. The molecule has 4 rings (SSSR count). The van der Waals surface area contributed by atoms with Gasteiger partial charge in [-0.2, -0.15) is 0 Å². The minimum Gasteiger partial charge on any atom is -1.00 e. The predicted molar refractivity (Wildman–Crippen MR) is 103 cm³/mol. The monoisotopic (exact) mass is 472 g/mol. The summed E-state index contributed by atoms with van der Waals surface area (Å²) in [7, 11) is 0. The molecule has 0 aromatic heterocycles. The van der Waals surface area contributed by atoms with Crippen LogP contribution in [0.5, 0.6) is 0 Å². The fourth-order valence-electron chi connectivity index (χ4n) is 4.57. The number of benzene rings is 2. The van der Waals surface area contributed by atoms with Crippen molar-refractivity contribution in [3.8, 4) is 11.1 Å². The Morgan fingerprint density at radius 2 is 1.48 bits per heavy atom. The molecule has 0 fully saturated rings. The molecule has 2 aliphatic rings. The molecule has 2 aliphatic carbocycles. The first-order valence-electron chi connectivity index (χ1n) is 8.81. The van der Waals surface area contributed by atoms with Crippen LogP contribution in [0.1, 0.15) is 37.3 Å². The summed E-state index contributed by atoms with van der Waals surface area (Å²) < 4.78 is 0. The van der Waals surface area contributed by atoms with Crippen molar-refractivity contribution in [3.63, 3.8) is 0 Å². The molecule has 27 heavy (non-hydrogen) atoms. The number of rotatable bonds is 4. The van der Waals surface area contributed by atoms with Crippen LogP contribution in [-0.2, 0) is 26.2 Å². The summed E-state index contributed by atoms with van der Waals surface area (Å²) in [5, 5.41) is 0. The second-order valence-electron chi connectivity index (χ2n) is 7.46. The topological polar surface area (TPSA) is 0 Å². The molecule has 138 valence electrons. The quantitative estimate of drug-likeness (QED) is 0.567. The van der Waals surface area contributed by atoms with Gasteiger partial charge in [0.2, 0.25) is 0 Å². The van der Waals surface area contributed by atoms with E-state index in [2.05, 4.69) is 93.3 Å². The Morgan fingerprint density at radius 1 is 0.963 bits per heavy atom. The zero-order valence-corrected chi connectivity index (χ0v) is 19.7. The molecular formula is C24H24Cl2Zr. The summed E-state index contributed by atoms with van der Waals surface area (Å²) in [6.45, 7) is 8.99. The first-order valence-corrected chi connectivity index (χ1v) is 8.81. The van der Waals surface area contributed by atoms with Crippen LogP contribution in [0.2, 0.25) is 0 Å². The van der Waals surface area contributed by atoms with E-state index in [-0.39, 0.29) is 56.4 Å². The first-order chi connectivity index (χ1) is 11.6. The molecule has 2 aromatic rings. The van der Waals surface area contributed by atoms with Crippen molar-refractivity contribution in [2.24, 2.45) is 11.3 Å². The normalized spacial score (nSPS) is 15.4. The Hall–Kier alpha value is -0.877. The third kappa shape index (κ3) is 3.98. The zero-order chi connectivity index (χ0) is 16.7. The molecule has 0 N–H and O–H groups in total. The second-order valence-corrected chi connectivity index (χ2v) is 7.46. The second kappa shape index (κ2) is 9.55. The minimum atomic E-state index is 0. The van der Waals surface area contributed by atoms with E-state index in [9.17, 15) is 0 Å². The minimum absolute atomic E-state index is 0. The number of halogens is 2. The molecule has 1 unspecified atom stereocenters. The van der Waals surface area contributed by atoms with Gasteiger partial charge in [0, 0.05) is 5.92 Å². The molecule has 0 amide bonds. The van der Waals surface area contributed by atoms with Crippen molar-refractivity contribution in [2.75, 3.05) is 0 Å². The van der Waals surface area contributed by atoms with E-state index in [1.807, 2.05) is 0 Å². The number of fused-ring (bicyclic) bond motifs is 3. The van der Waals surface area contributed by atoms with Gasteiger partial charge in [0.15, 0.2) is 0 Å². The molecule has 3 heteroatoms. The maximum Gasteiger partial charge on any atom is 2.00 e. The summed E-state index contributed by atoms with van der Waals surface area (Å²) in [5.74, 6) is 0.750. The summed E-state index contributed by atoms with van der Waals surface area (Å²) in [6, 6.07) is 17.8. The third-order valence-corrected chi connectivity index (χ3v) is 5.93. The molecule has 0 saturated carbocycles. The van der Waals surface area contributed by atoms with E-state index in [1.165, 1.54) is 27.8 Å². The summed E-state index contributed by atoms with van der Waals surface area (Å²) >= 11 is 0. The summed E-state index contributed by atoms with van der Waals surface area (Å²) in [4.78, 5) is 0. The van der Waals surface area contributed by atoms with Crippen LogP contribution >= 0.6 is 0 Å². The van der Waals surface area contributed by atoms with E-state index in [1.54, 1.807) is 0 Å². The van der Waals surface area contributed by atoms with Gasteiger partial charge in [0.05, 0.1) is 0 Å². The molecule has 1 atom stereocenters. The Kier molecular flexibility index (Phi) is 8.55. The molecule has 0 spiro atoms. The van der Waals surface area contributed by atoms with Gasteiger partial charge in [-0.15, -0.1) is 6.58 Å². The molecule has 0 radical (unpaired) electrons. The van der Waals surface area contributed by atoms with Crippen molar-refractivity contribution in [2.45, 2.75) is 26.2 Å². The van der Waals surface area contributed by atoms with Crippen molar-refractivity contribution < 1.29 is 51.0 Å². The van der Waals surface area contributed by atoms with Crippen LogP contribution in [0.25, 0.3) is 11.1 Å². The van der Waals surface area contributed by atoms with Gasteiger partial charge >= 0.3 is 26.2 Å². The predicted octanol–water partition coefficient (Wildman–Crippen LogP) is 0.519. The van der Waals surface area contributed by atoms with Crippen LogP contribution in [0.15, 0.2) is 85.0 Å². The van der Waals surface area contributed by atoms with Gasteiger partial charge in [-0.05, 0) is 40.0 Å². The number of allylic oxidation sites excluding steroid dienone is 5. The molecule has 0 saturated heterocycles. The average molecular weight is 475 g/mol.